The van der Waals surface area contributed by atoms with E-state index in [0.717, 1.165) is 6.07 Å². The topological polar surface area (TPSA) is 69.2 Å². The highest BCUT2D eigenvalue weighted by atomic mass is 80.0. The van der Waals surface area contributed by atoms with E-state index in [1.54, 1.807) is 13.8 Å². The standard InChI is InChI=1S/C12H11F4S.BrO3/c1-7(2)10-5-8-3-4-9(13)6-11(8)17(10)12(14,15)16;2-1(3)4/h3-7H,1-2H3;/q+1;-1. The first-order valence-electron chi connectivity index (χ1n) is 5.59. The van der Waals surface area contributed by atoms with Crippen molar-refractivity contribution in [1.29, 1.82) is 0 Å². The molecule has 0 spiro atoms. The largest absolute Gasteiger partial charge is 0.600 e. The van der Waals surface area contributed by atoms with Gasteiger partial charge in [-0.05, 0) is 12.1 Å². The zero-order valence-corrected chi connectivity index (χ0v) is 13.3. The highest BCUT2D eigenvalue weighted by molar-refractivity contribution is 7.38. The molecule has 1 atom stereocenters. The fourth-order valence-corrected chi connectivity index (χ4v) is 3.88. The van der Waals surface area contributed by atoms with E-state index < -0.39 is 36.6 Å². The van der Waals surface area contributed by atoms with Crippen LogP contribution in [0.25, 0.3) is 10.1 Å². The maximum absolute atomic E-state index is 13.1. The predicted octanol–water partition coefficient (Wildman–Crippen LogP) is 1.76. The summed E-state index contributed by atoms with van der Waals surface area (Å²) in [5.41, 5.74) is -4.34. The van der Waals surface area contributed by atoms with Crippen molar-refractivity contribution in [3.05, 3.63) is 35.0 Å². The normalized spacial score (nSPS) is 12.8. The number of hydrogen-bond acceptors (Lipinski definition) is 3. The molecule has 0 fully saturated rings. The highest BCUT2D eigenvalue weighted by Gasteiger charge is 2.48. The van der Waals surface area contributed by atoms with Crippen LogP contribution in [0.2, 0.25) is 0 Å². The molecule has 0 bridgehead atoms. The zero-order chi connectivity index (χ0) is 16.4. The van der Waals surface area contributed by atoms with Crippen molar-refractivity contribution in [2.24, 2.45) is 0 Å². The third kappa shape index (κ3) is 4.89. The van der Waals surface area contributed by atoms with Gasteiger partial charge in [-0.15, -0.1) is 13.2 Å². The summed E-state index contributed by atoms with van der Waals surface area (Å²) in [4.78, 5) is 0.332. The molecule has 118 valence electrons. The lowest BCUT2D eigenvalue weighted by Gasteiger charge is -2.02. The first-order valence-corrected chi connectivity index (χ1v) is 8.76. The predicted molar refractivity (Wildman–Crippen MR) is 61.8 cm³/mol. The van der Waals surface area contributed by atoms with Crippen molar-refractivity contribution < 1.29 is 45.0 Å². The van der Waals surface area contributed by atoms with Crippen LogP contribution in [0.4, 0.5) is 17.6 Å². The van der Waals surface area contributed by atoms with Gasteiger partial charge in [0.25, 0.3) is 0 Å². The smallest absolute Gasteiger partial charge is 0.405 e. The molecule has 2 rings (SSSR count). The fraction of sp³-hybridized carbons (Fsp3) is 0.333. The first-order chi connectivity index (χ1) is 9.54. The molecule has 0 aliphatic heterocycles. The Morgan fingerprint density at radius 3 is 2.05 bits per heavy atom. The summed E-state index contributed by atoms with van der Waals surface area (Å²) in [7, 11) is -1.98. The van der Waals surface area contributed by atoms with E-state index in [4.69, 9.17) is 12.6 Å². The van der Waals surface area contributed by atoms with E-state index in [9.17, 15) is 17.6 Å². The highest BCUT2D eigenvalue weighted by Crippen LogP contribution is 2.52. The van der Waals surface area contributed by atoms with Crippen molar-refractivity contribution >= 4 is 20.6 Å². The van der Waals surface area contributed by atoms with Crippen molar-refractivity contribution in [2.45, 2.75) is 25.3 Å². The molecule has 0 radical (unpaired) electrons. The Hall–Kier alpha value is -0.740. The van der Waals surface area contributed by atoms with Crippen LogP contribution in [0.1, 0.15) is 24.6 Å². The van der Waals surface area contributed by atoms with E-state index in [2.05, 4.69) is 0 Å². The monoisotopic (exact) mass is 390 g/mol. The Morgan fingerprint density at radius 2 is 1.62 bits per heavy atom. The van der Waals surface area contributed by atoms with Crippen LogP contribution in [0.3, 0.4) is 0 Å². The Balaban J connectivity index is 0.000000491. The van der Waals surface area contributed by atoms with Gasteiger partial charge in [0.15, 0.2) is 9.58 Å². The lowest BCUT2D eigenvalue weighted by atomic mass is 10.1. The summed E-state index contributed by atoms with van der Waals surface area (Å²) in [5.74, 6) is -0.820. The van der Waals surface area contributed by atoms with Crippen LogP contribution in [-0.2, 0) is 5.51 Å². The average Bonchev–Trinajstić information content (AvgIpc) is 2.66. The minimum atomic E-state index is -4.34. The fourth-order valence-electron chi connectivity index (χ4n) is 1.80. The van der Waals surface area contributed by atoms with Gasteiger partial charge in [-0.2, -0.15) is 0 Å². The van der Waals surface area contributed by atoms with Crippen LogP contribution in [0, 0.1) is 20.6 Å². The Morgan fingerprint density at radius 1 is 1.10 bits per heavy atom. The van der Waals surface area contributed by atoms with Gasteiger partial charge in [-0.1, -0.05) is 13.8 Å². The number of benzene rings is 1. The number of rotatable bonds is 1. The molecule has 9 heteroatoms. The summed E-state index contributed by atoms with van der Waals surface area (Å²) >= 11 is -3.65. The van der Waals surface area contributed by atoms with Gasteiger partial charge in [0.05, 0.1) is 10.5 Å². The van der Waals surface area contributed by atoms with Crippen molar-refractivity contribution in [1.82, 2.24) is 0 Å². The molecule has 2 aromatic rings. The second-order valence-electron chi connectivity index (χ2n) is 4.32. The summed E-state index contributed by atoms with van der Waals surface area (Å²) in [6, 6.07) is 5.14. The van der Waals surface area contributed by atoms with E-state index in [-0.39, 0.29) is 10.6 Å². The molecule has 1 aromatic carbocycles. The van der Waals surface area contributed by atoms with E-state index >= 15 is 0 Å². The minimum absolute atomic E-state index is 0.0567. The molecule has 0 amide bonds. The molecule has 0 N–H and O–H groups in total. The maximum atomic E-state index is 13.1. The zero-order valence-electron chi connectivity index (χ0n) is 10.9. The summed E-state index contributed by atoms with van der Waals surface area (Å²) in [6.07, 6.45) is 0. The molecule has 1 aromatic heterocycles. The second kappa shape index (κ2) is 7.01. The van der Waals surface area contributed by atoms with Gasteiger partial charge in [-0.3, -0.25) is 0 Å². The molecular formula is C12H11BrF4O3S. The molecule has 3 nitrogen and oxygen atoms in total. The quantitative estimate of drug-likeness (QED) is 0.550. The summed E-state index contributed by atoms with van der Waals surface area (Å²) in [5, 5.41) is 0.482. The van der Waals surface area contributed by atoms with Gasteiger partial charge in [0.2, 0.25) is 14.8 Å². The van der Waals surface area contributed by atoms with Gasteiger partial charge < -0.3 is 12.6 Å². The molecule has 21 heavy (non-hydrogen) atoms. The Kier molecular flexibility index (Phi) is 6.11. The molecule has 1 heterocycles. The third-order valence-corrected chi connectivity index (χ3v) is 4.85. The number of alkyl halides is 3. The van der Waals surface area contributed by atoms with Gasteiger partial charge in [0.1, 0.15) is 5.82 Å². The second-order valence-corrected chi connectivity index (χ2v) is 7.10. The maximum Gasteiger partial charge on any atom is 0.600 e. The van der Waals surface area contributed by atoms with Gasteiger partial charge in [-0.25, -0.2) is 4.39 Å². The SMILES string of the molecule is CC(C)c1cc2ccc(F)cc2[s+]1C(F)(F)F.[O-][Br+2]([O-])[O-]. The molecule has 0 saturated heterocycles. The lowest BCUT2D eigenvalue weighted by Crippen LogP contribution is -2.42. The lowest BCUT2D eigenvalue weighted by molar-refractivity contribution is -1.73. The third-order valence-electron chi connectivity index (χ3n) is 2.53. The number of halogens is 5. The molecular weight excluding hydrogens is 380 g/mol. The average molecular weight is 391 g/mol. The van der Waals surface area contributed by atoms with E-state index in [1.807, 2.05) is 0 Å². The van der Waals surface area contributed by atoms with E-state index in [0.29, 0.717) is 10.3 Å². The van der Waals surface area contributed by atoms with Gasteiger partial charge >= 0.3 is 5.51 Å². The minimum Gasteiger partial charge on any atom is -0.405 e. The van der Waals surface area contributed by atoms with Gasteiger partial charge in [0, 0.05) is 23.4 Å². The van der Waals surface area contributed by atoms with E-state index in [1.165, 1.54) is 18.2 Å². The summed E-state index contributed by atoms with van der Waals surface area (Å²) in [6.45, 7) is 3.44. The number of thiophene rings is 1. The molecule has 0 saturated carbocycles. The molecule has 0 aliphatic carbocycles. The van der Waals surface area contributed by atoms with Crippen molar-refractivity contribution in [2.75, 3.05) is 0 Å². The van der Waals surface area contributed by atoms with Crippen molar-refractivity contribution in [3.63, 3.8) is 0 Å². The van der Waals surface area contributed by atoms with Crippen molar-refractivity contribution in [3.8, 4) is 0 Å². The van der Waals surface area contributed by atoms with Crippen LogP contribution < -0.4 is 12.6 Å². The molecule has 0 aliphatic rings. The number of fused-ring (bicyclic) bond motifs is 1. The van der Waals surface area contributed by atoms with Crippen LogP contribution in [-0.4, -0.2) is 0 Å². The Bertz CT molecular complexity index is 608. The Labute approximate surface area is 126 Å². The van der Waals surface area contributed by atoms with Crippen LogP contribution in [0.15, 0.2) is 24.3 Å². The first kappa shape index (κ1) is 18.3. The summed E-state index contributed by atoms with van der Waals surface area (Å²) < 4.78 is 77.8. The molecule has 1 unspecified atom stereocenters. The van der Waals surface area contributed by atoms with Crippen LogP contribution >= 0.6 is 10.5 Å². The number of hydrogen-bond donors (Lipinski definition) is 0. The van der Waals surface area contributed by atoms with Crippen LogP contribution in [0.5, 0.6) is 0 Å².